The molecule has 1 aromatic heterocycles. The minimum Gasteiger partial charge on any atom is -0.497 e. The second-order valence-electron chi connectivity index (χ2n) is 6.52. The molecule has 2 N–H and O–H groups in total. The van der Waals surface area contributed by atoms with E-state index in [0.717, 1.165) is 12.1 Å². The zero-order valence-electron chi connectivity index (χ0n) is 16.1. The molecule has 28 heavy (non-hydrogen) atoms. The number of methoxy groups -OCH3 is 2. The number of thiophene rings is 1. The van der Waals surface area contributed by atoms with Crippen LogP contribution in [0.1, 0.15) is 16.9 Å². The summed E-state index contributed by atoms with van der Waals surface area (Å²) in [6.45, 7) is 2.31. The topological polar surface area (TPSA) is 79.9 Å². The Balaban J connectivity index is 1.61. The van der Waals surface area contributed by atoms with Crippen molar-refractivity contribution in [2.75, 3.05) is 27.3 Å². The Hall–Kier alpha value is -2.58. The quantitative estimate of drug-likeness (QED) is 0.702. The highest BCUT2D eigenvalue weighted by atomic mass is 32.1. The van der Waals surface area contributed by atoms with Crippen LogP contribution in [0.5, 0.6) is 11.5 Å². The Morgan fingerprint density at radius 3 is 2.89 bits per heavy atom. The van der Waals surface area contributed by atoms with Gasteiger partial charge in [-0.1, -0.05) is 6.07 Å². The van der Waals surface area contributed by atoms with Crippen LogP contribution >= 0.6 is 11.3 Å². The zero-order chi connectivity index (χ0) is 19.9. The van der Waals surface area contributed by atoms with Crippen LogP contribution in [0.2, 0.25) is 0 Å². The standard InChI is InChI=1S/C20H25N3O4S/c1-26-15-5-6-18(27-2)14(10-15)12-22-19(24)11-17-20(25)21-7-8-23(17)13-16-4-3-9-28-16/h3-6,9-10,17H,7-8,11-13H2,1-2H3,(H,21,25)(H,22,24)/t17-/m0/s1. The van der Waals surface area contributed by atoms with Crippen molar-refractivity contribution in [1.82, 2.24) is 15.5 Å². The fraction of sp³-hybridized carbons (Fsp3) is 0.400. The Morgan fingerprint density at radius 2 is 2.18 bits per heavy atom. The normalized spacial score (nSPS) is 17.1. The minimum atomic E-state index is -0.469. The Morgan fingerprint density at radius 1 is 1.32 bits per heavy atom. The van der Waals surface area contributed by atoms with E-state index >= 15 is 0 Å². The average Bonchev–Trinajstić information content (AvgIpc) is 3.22. The number of piperazine rings is 1. The Kier molecular flexibility index (Phi) is 6.89. The summed E-state index contributed by atoms with van der Waals surface area (Å²) in [4.78, 5) is 28.2. The van der Waals surface area contributed by atoms with E-state index in [1.165, 1.54) is 4.88 Å². The number of carbonyl (C=O) groups excluding carboxylic acids is 2. The first-order valence-electron chi connectivity index (χ1n) is 9.12. The number of hydrogen-bond acceptors (Lipinski definition) is 6. The molecule has 0 saturated carbocycles. The van der Waals surface area contributed by atoms with Gasteiger partial charge in [-0.25, -0.2) is 0 Å². The molecule has 2 amide bonds. The van der Waals surface area contributed by atoms with Crippen LogP contribution in [0.4, 0.5) is 0 Å². The van der Waals surface area contributed by atoms with E-state index in [2.05, 4.69) is 15.5 Å². The molecule has 0 radical (unpaired) electrons. The summed E-state index contributed by atoms with van der Waals surface area (Å²) in [7, 11) is 3.18. The maximum Gasteiger partial charge on any atom is 0.237 e. The van der Waals surface area contributed by atoms with Gasteiger partial charge in [0, 0.05) is 36.6 Å². The molecule has 2 heterocycles. The van der Waals surface area contributed by atoms with Crippen molar-refractivity contribution < 1.29 is 19.1 Å². The molecule has 1 fully saturated rings. The molecule has 150 valence electrons. The molecule has 7 nitrogen and oxygen atoms in total. The third-order valence-electron chi connectivity index (χ3n) is 4.72. The lowest BCUT2D eigenvalue weighted by Gasteiger charge is -2.34. The third kappa shape index (κ3) is 5.02. The molecule has 0 bridgehead atoms. The monoisotopic (exact) mass is 403 g/mol. The number of benzene rings is 1. The van der Waals surface area contributed by atoms with Crippen LogP contribution in [-0.4, -0.2) is 50.1 Å². The van der Waals surface area contributed by atoms with E-state index in [1.807, 2.05) is 23.6 Å². The summed E-state index contributed by atoms with van der Waals surface area (Å²) in [5, 5.41) is 7.77. The number of nitrogens with one attached hydrogen (secondary N) is 2. The van der Waals surface area contributed by atoms with Gasteiger partial charge in [-0.05, 0) is 29.6 Å². The van der Waals surface area contributed by atoms with Crippen molar-refractivity contribution in [1.29, 1.82) is 0 Å². The molecule has 1 aliphatic heterocycles. The van der Waals surface area contributed by atoms with Gasteiger partial charge in [0.05, 0.1) is 26.7 Å². The molecule has 1 aromatic carbocycles. The van der Waals surface area contributed by atoms with Crippen molar-refractivity contribution in [3.63, 3.8) is 0 Å². The summed E-state index contributed by atoms with van der Waals surface area (Å²) in [5.74, 6) is 1.09. The summed E-state index contributed by atoms with van der Waals surface area (Å²) in [6.07, 6.45) is 0.115. The first kappa shape index (κ1) is 20.2. The molecular weight excluding hydrogens is 378 g/mol. The van der Waals surface area contributed by atoms with Gasteiger partial charge in [0.1, 0.15) is 11.5 Å². The van der Waals surface area contributed by atoms with Crippen LogP contribution in [-0.2, 0) is 22.7 Å². The maximum absolute atomic E-state index is 12.5. The average molecular weight is 404 g/mol. The Bertz CT molecular complexity index is 810. The van der Waals surface area contributed by atoms with Crippen LogP contribution in [0.15, 0.2) is 35.7 Å². The van der Waals surface area contributed by atoms with Gasteiger partial charge in [0.2, 0.25) is 11.8 Å². The fourth-order valence-corrected chi connectivity index (χ4v) is 3.97. The van der Waals surface area contributed by atoms with Gasteiger partial charge in [0.25, 0.3) is 0 Å². The van der Waals surface area contributed by atoms with E-state index in [0.29, 0.717) is 31.1 Å². The zero-order valence-corrected chi connectivity index (χ0v) is 16.9. The summed E-state index contributed by atoms with van der Waals surface area (Å²) < 4.78 is 10.6. The third-order valence-corrected chi connectivity index (χ3v) is 5.58. The van der Waals surface area contributed by atoms with Crippen molar-refractivity contribution >= 4 is 23.2 Å². The molecular formula is C20H25N3O4S. The molecule has 0 aliphatic carbocycles. The second-order valence-corrected chi connectivity index (χ2v) is 7.55. The fourth-order valence-electron chi connectivity index (χ4n) is 3.24. The van der Waals surface area contributed by atoms with E-state index < -0.39 is 6.04 Å². The number of carbonyl (C=O) groups is 2. The van der Waals surface area contributed by atoms with Crippen molar-refractivity contribution in [3.8, 4) is 11.5 Å². The van der Waals surface area contributed by atoms with Gasteiger partial charge < -0.3 is 20.1 Å². The predicted molar refractivity (Wildman–Crippen MR) is 108 cm³/mol. The van der Waals surface area contributed by atoms with Crippen LogP contribution in [0.25, 0.3) is 0 Å². The van der Waals surface area contributed by atoms with Crippen LogP contribution < -0.4 is 20.1 Å². The SMILES string of the molecule is COc1ccc(OC)c(CNC(=O)C[C@H]2C(=O)NCCN2Cc2cccs2)c1. The molecule has 1 aliphatic rings. The van der Waals surface area contributed by atoms with Gasteiger partial charge in [-0.3, -0.25) is 14.5 Å². The Labute approximate surface area is 168 Å². The highest BCUT2D eigenvalue weighted by Crippen LogP contribution is 2.24. The predicted octanol–water partition coefficient (Wildman–Crippen LogP) is 1.77. The van der Waals surface area contributed by atoms with Gasteiger partial charge >= 0.3 is 0 Å². The van der Waals surface area contributed by atoms with Crippen molar-refractivity contribution in [2.45, 2.75) is 25.6 Å². The molecule has 8 heteroatoms. The number of hydrogen-bond donors (Lipinski definition) is 2. The van der Waals surface area contributed by atoms with Crippen LogP contribution in [0, 0.1) is 0 Å². The molecule has 1 atom stereocenters. The minimum absolute atomic E-state index is 0.100. The summed E-state index contributed by atoms with van der Waals surface area (Å²) in [6, 6.07) is 9.01. The number of rotatable bonds is 8. The smallest absolute Gasteiger partial charge is 0.237 e. The van der Waals surface area contributed by atoms with Gasteiger partial charge in [0.15, 0.2) is 0 Å². The van der Waals surface area contributed by atoms with Gasteiger partial charge in [-0.2, -0.15) is 0 Å². The molecule has 0 unspecified atom stereocenters. The van der Waals surface area contributed by atoms with Gasteiger partial charge in [-0.15, -0.1) is 11.3 Å². The molecule has 2 aromatic rings. The van der Waals surface area contributed by atoms with E-state index in [9.17, 15) is 9.59 Å². The van der Waals surface area contributed by atoms with Crippen LogP contribution in [0.3, 0.4) is 0 Å². The summed E-state index contributed by atoms with van der Waals surface area (Å²) >= 11 is 1.65. The lowest BCUT2D eigenvalue weighted by molar-refractivity contribution is -0.134. The lowest BCUT2D eigenvalue weighted by atomic mass is 10.1. The molecule has 0 spiro atoms. The second kappa shape index (κ2) is 9.57. The molecule has 3 rings (SSSR count). The maximum atomic E-state index is 12.5. The number of amides is 2. The van der Waals surface area contributed by atoms with Crippen molar-refractivity contribution in [2.24, 2.45) is 0 Å². The first-order chi connectivity index (χ1) is 13.6. The van der Waals surface area contributed by atoms with Crippen molar-refractivity contribution in [3.05, 3.63) is 46.2 Å². The number of nitrogens with zero attached hydrogens (tertiary/aromatic N) is 1. The lowest BCUT2D eigenvalue weighted by Crippen LogP contribution is -2.56. The highest BCUT2D eigenvalue weighted by Gasteiger charge is 2.31. The highest BCUT2D eigenvalue weighted by molar-refractivity contribution is 7.09. The summed E-state index contributed by atoms with van der Waals surface area (Å²) in [5.41, 5.74) is 0.818. The van der Waals surface area contributed by atoms with E-state index in [4.69, 9.17) is 9.47 Å². The first-order valence-corrected chi connectivity index (χ1v) is 10.0. The largest absolute Gasteiger partial charge is 0.497 e. The van der Waals surface area contributed by atoms with E-state index in [-0.39, 0.29) is 18.2 Å². The molecule has 1 saturated heterocycles. The number of ether oxygens (including phenoxy) is 2. The van der Waals surface area contributed by atoms with E-state index in [1.54, 1.807) is 37.7 Å².